The first-order valence-corrected chi connectivity index (χ1v) is 6.46. The predicted octanol–water partition coefficient (Wildman–Crippen LogP) is 1.62. The van der Waals surface area contributed by atoms with Gasteiger partial charge in [0.25, 0.3) is 0 Å². The minimum Gasteiger partial charge on any atom is -0.353 e. The molecule has 4 heteroatoms. The van der Waals surface area contributed by atoms with Crippen molar-refractivity contribution in [2.45, 2.75) is 32.9 Å². The quantitative estimate of drug-likeness (QED) is 0.834. The lowest BCUT2D eigenvalue weighted by molar-refractivity contribution is -0.131. The van der Waals surface area contributed by atoms with E-state index >= 15 is 0 Å². The van der Waals surface area contributed by atoms with Crippen LogP contribution in [0.4, 0.5) is 0 Å². The summed E-state index contributed by atoms with van der Waals surface area (Å²) in [6.45, 7) is 5.00. The van der Waals surface area contributed by atoms with Gasteiger partial charge in [-0.1, -0.05) is 13.8 Å². The van der Waals surface area contributed by atoms with Crippen molar-refractivity contribution in [3.8, 4) is 0 Å². The molecule has 1 aromatic heterocycles. The molecule has 0 radical (unpaired) electrons. The molecule has 1 amide bonds. The zero-order valence-electron chi connectivity index (χ0n) is 12.1. The van der Waals surface area contributed by atoms with Crippen LogP contribution in [0.1, 0.15) is 26.0 Å². The Kier molecular flexibility index (Phi) is 5.41. The van der Waals surface area contributed by atoms with Crippen LogP contribution in [0.2, 0.25) is 0 Å². The van der Waals surface area contributed by atoms with E-state index in [1.807, 2.05) is 19.3 Å². The number of likely N-dealkylation sites (N-methyl/N-ethyl adjacent to an activating group) is 1. The molecule has 1 aromatic rings. The minimum absolute atomic E-state index is 0.102. The van der Waals surface area contributed by atoms with Gasteiger partial charge in [0.2, 0.25) is 5.91 Å². The summed E-state index contributed by atoms with van der Waals surface area (Å²) in [5.41, 5.74) is 1.19. The largest absolute Gasteiger partial charge is 0.353 e. The van der Waals surface area contributed by atoms with Crippen LogP contribution in [0.3, 0.4) is 0 Å². The van der Waals surface area contributed by atoms with Crippen molar-refractivity contribution in [1.29, 1.82) is 0 Å². The van der Waals surface area contributed by atoms with E-state index in [4.69, 9.17) is 0 Å². The zero-order valence-corrected chi connectivity index (χ0v) is 12.1. The number of hydrogen-bond donors (Lipinski definition) is 1. The van der Waals surface area contributed by atoms with Crippen LogP contribution >= 0.6 is 0 Å². The molecular formula is C14H25N3O. The maximum atomic E-state index is 12.1. The number of carbonyl (C=O) groups is 1. The normalized spacial score (nSPS) is 12.8. The van der Waals surface area contributed by atoms with E-state index in [2.05, 4.69) is 29.8 Å². The number of nitrogens with one attached hydrogen (secondary N) is 1. The van der Waals surface area contributed by atoms with Gasteiger partial charge in [0.1, 0.15) is 0 Å². The Balaban J connectivity index is 2.61. The number of amides is 1. The molecule has 0 fully saturated rings. The molecule has 1 N–H and O–H groups in total. The highest BCUT2D eigenvalue weighted by atomic mass is 16.2. The number of aromatic nitrogens is 1. The SMILES string of the molecule is CC(C)CC(NCc1cccn1C)C(=O)N(C)C. The number of carbonyl (C=O) groups excluding carboxylic acids is 1. The molecule has 0 aliphatic rings. The van der Waals surface area contributed by atoms with E-state index in [9.17, 15) is 4.79 Å². The third kappa shape index (κ3) is 4.18. The Morgan fingerprint density at radius 1 is 1.44 bits per heavy atom. The van der Waals surface area contributed by atoms with Crippen LogP contribution in [-0.2, 0) is 18.4 Å². The van der Waals surface area contributed by atoms with Gasteiger partial charge in [-0.3, -0.25) is 4.79 Å². The van der Waals surface area contributed by atoms with Crippen LogP contribution in [0.5, 0.6) is 0 Å². The number of hydrogen-bond acceptors (Lipinski definition) is 2. The van der Waals surface area contributed by atoms with Gasteiger partial charge >= 0.3 is 0 Å². The molecule has 0 saturated carbocycles. The summed E-state index contributed by atoms with van der Waals surface area (Å²) in [5, 5.41) is 3.36. The van der Waals surface area contributed by atoms with Gasteiger partial charge in [-0.2, -0.15) is 0 Å². The maximum Gasteiger partial charge on any atom is 0.239 e. The molecule has 102 valence electrons. The summed E-state index contributed by atoms with van der Waals surface area (Å²) < 4.78 is 2.07. The zero-order chi connectivity index (χ0) is 13.7. The van der Waals surface area contributed by atoms with E-state index in [1.54, 1.807) is 19.0 Å². The van der Waals surface area contributed by atoms with Crippen LogP contribution < -0.4 is 5.32 Å². The monoisotopic (exact) mass is 251 g/mol. The van der Waals surface area contributed by atoms with E-state index < -0.39 is 0 Å². The van der Waals surface area contributed by atoms with Gasteiger partial charge in [0.15, 0.2) is 0 Å². The van der Waals surface area contributed by atoms with E-state index in [-0.39, 0.29) is 11.9 Å². The molecule has 4 nitrogen and oxygen atoms in total. The van der Waals surface area contributed by atoms with Gasteiger partial charge < -0.3 is 14.8 Å². The Morgan fingerprint density at radius 3 is 2.56 bits per heavy atom. The van der Waals surface area contributed by atoms with Gasteiger partial charge in [0, 0.05) is 39.6 Å². The minimum atomic E-state index is -0.102. The predicted molar refractivity (Wildman–Crippen MR) is 74.2 cm³/mol. The Hall–Kier alpha value is -1.29. The van der Waals surface area contributed by atoms with Crippen molar-refractivity contribution in [2.75, 3.05) is 14.1 Å². The number of nitrogens with zero attached hydrogens (tertiary/aromatic N) is 2. The van der Waals surface area contributed by atoms with Crippen LogP contribution in [0, 0.1) is 5.92 Å². The smallest absolute Gasteiger partial charge is 0.239 e. The number of aryl methyl sites for hydroxylation is 1. The Morgan fingerprint density at radius 2 is 2.11 bits per heavy atom. The van der Waals surface area contributed by atoms with Gasteiger partial charge in [-0.05, 0) is 24.5 Å². The van der Waals surface area contributed by atoms with Gasteiger partial charge in [-0.25, -0.2) is 0 Å². The third-order valence-electron chi connectivity index (χ3n) is 3.03. The molecule has 0 aliphatic heterocycles. The van der Waals surface area contributed by atoms with Gasteiger partial charge in [-0.15, -0.1) is 0 Å². The fraction of sp³-hybridized carbons (Fsp3) is 0.643. The van der Waals surface area contributed by atoms with Crippen LogP contribution in [0.15, 0.2) is 18.3 Å². The molecule has 0 saturated heterocycles. The highest BCUT2D eigenvalue weighted by Gasteiger charge is 2.20. The molecule has 1 atom stereocenters. The molecule has 0 bridgehead atoms. The average Bonchev–Trinajstić information content (AvgIpc) is 2.68. The summed E-state index contributed by atoms with van der Waals surface area (Å²) in [6, 6.07) is 3.98. The summed E-state index contributed by atoms with van der Waals surface area (Å²) >= 11 is 0. The highest BCUT2D eigenvalue weighted by Crippen LogP contribution is 2.08. The van der Waals surface area contributed by atoms with Crippen molar-refractivity contribution in [3.05, 3.63) is 24.0 Å². The fourth-order valence-electron chi connectivity index (χ4n) is 1.96. The maximum absolute atomic E-state index is 12.1. The standard InChI is InChI=1S/C14H25N3O/c1-11(2)9-13(14(18)16(3)4)15-10-12-7-6-8-17(12)5/h6-8,11,13,15H,9-10H2,1-5H3. The number of rotatable bonds is 6. The van der Waals surface area contributed by atoms with Crippen molar-refractivity contribution in [1.82, 2.24) is 14.8 Å². The first-order valence-electron chi connectivity index (χ1n) is 6.46. The molecule has 0 aromatic carbocycles. The second kappa shape index (κ2) is 6.59. The molecule has 1 heterocycles. The molecule has 0 spiro atoms. The fourth-order valence-corrected chi connectivity index (χ4v) is 1.96. The third-order valence-corrected chi connectivity index (χ3v) is 3.03. The second-order valence-corrected chi connectivity index (χ2v) is 5.41. The highest BCUT2D eigenvalue weighted by molar-refractivity contribution is 5.81. The molecule has 1 rings (SSSR count). The van der Waals surface area contributed by atoms with E-state index in [0.717, 1.165) is 13.0 Å². The lowest BCUT2D eigenvalue weighted by Gasteiger charge is -2.23. The van der Waals surface area contributed by atoms with Crippen LogP contribution in [-0.4, -0.2) is 35.5 Å². The summed E-state index contributed by atoms with van der Waals surface area (Å²) in [6.07, 6.45) is 2.88. The van der Waals surface area contributed by atoms with E-state index in [0.29, 0.717) is 5.92 Å². The summed E-state index contributed by atoms with van der Waals surface area (Å²) in [4.78, 5) is 13.7. The second-order valence-electron chi connectivity index (χ2n) is 5.41. The van der Waals surface area contributed by atoms with Crippen LogP contribution in [0.25, 0.3) is 0 Å². The topological polar surface area (TPSA) is 37.3 Å². The lowest BCUT2D eigenvalue weighted by atomic mass is 10.0. The van der Waals surface area contributed by atoms with Gasteiger partial charge in [0.05, 0.1) is 6.04 Å². The molecule has 0 aliphatic carbocycles. The first kappa shape index (κ1) is 14.8. The van der Waals surface area contributed by atoms with Crippen molar-refractivity contribution >= 4 is 5.91 Å². The van der Waals surface area contributed by atoms with Crippen molar-refractivity contribution in [3.63, 3.8) is 0 Å². The summed E-state index contributed by atoms with van der Waals surface area (Å²) in [7, 11) is 5.63. The Bertz CT molecular complexity index is 382. The molecule has 18 heavy (non-hydrogen) atoms. The Labute approximate surface area is 110 Å². The summed E-state index contributed by atoms with van der Waals surface area (Å²) in [5.74, 6) is 0.651. The van der Waals surface area contributed by atoms with Crippen molar-refractivity contribution < 1.29 is 4.79 Å². The molecular weight excluding hydrogens is 226 g/mol. The lowest BCUT2D eigenvalue weighted by Crippen LogP contribution is -2.44. The van der Waals surface area contributed by atoms with E-state index in [1.165, 1.54) is 5.69 Å². The molecule has 1 unspecified atom stereocenters. The first-order chi connectivity index (χ1) is 8.41. The average molecular weight is 251 g/mol. The van der Waals surface area contributed by atoms with Crippen molar-refractivity contribution in [2.24, 2.45) is 13.0 Å².